The number of carbonyl (C=O) groups excluding carboxylic acids is 1. The molecule has 0 aliphatic heterocycles. The number of aromatic nitrogens is 2. The van der Waals surface area contributed by atoms with Gasteiger partial charge in [-0.05, 0) is 77.8 Å². The molecule has 10 nitrogen and oxygen atoms in total. The van der Waals surface area contributed by atoms with Crippen LogP contribution in [0.3, 0.4) is 0 Å². The number of fused-ring (bicyclic) bond motifs is 1. The van der Waals surface area contributed by atoms with Crippen molar-refractivity contribution in [1.29, 1.82) is 0 Å². The third kappa shape index (κ3) is 6.84. The minimum atomic E-state index is -0.516. The highest BCUT2D eigenvalue weighted by Gasteiger charge is 2.26. The average Bonchev–Trinajstić information content (AvgIpc) is 3.67. The Hall–Kier alpha value is -4.15. The molecule has 0 radical (unpaired) electrons. The molecule has 1 heterocycles. The summed E-state index contributed by atoms with van der Waals surface area (Å²) in [5.41, 5.74) is 5.72. The summed E-state index contributed by atoms with van der Waals surface area (Å²) < 4.78 is 16.4. The van der Waals surface area contributed by atoms with Gasteiger partial charge in [-0.2, -0.15) is 0 Å². The zero-order valence-electron chi connectivity index (χ0n) is 21.6. The monoisotopic (exact) mass is 530 g/mol. The molecule has 0 saturated heterocycles. The predicted octanol–water partition coefficient (Wildman–Crippen LogP) is 5.33. The molecule has 3 N–H and O–H groups in total. The molecule has 0 bridgehead atoms. The topological polar surface area (TPSA) is 134 Å². The van der Waals surface area contributed by atoms with Crippen LogP contribution in [-0.4, -0.2) is 35.5 Å². The maximum absolute atomic E-state index is 13.0. The fourth-order valence-electron chi connectivity index (χ4n) is 4.72. The van der Waals surface area contributed by atoms with Gasteiger partial charge in [0.05, 0.1) is 18.0 Å². The van der Waals surface area contributed by atoms with Crippen LogP contribution >= 0.6 is 0 Å². The van der Waals surface area contributed by atoms with E-state index in [0.717, 1.165) is 54.7 Å². The van der Waals surface area contributed by atoms with Crippen molar-refractivity contribution in [3.63, 3.8) is 0 Å². The van der Waals surface area contributed by atoms with E-state index >= 15 is 0 Å². The SMILES string of the molecule is O=C(OC1CCCC1)[C@@H](NCc1ccc(OCCCNc2ccc(N[O-])c3nonc23)cc1)c1ccccc1. The molecule has 1 saturated carbocycles. The first-order valence-corrected chi connectivity index (χ1v) is 13.3. The predicted molar refractivity (Wildman–Crippen MR) is 148 cm³/mol. The summed E-state index contributed by atoms with van der Waals surface area (Å²) in [6.07, 6.45) is 4.90. The van der Waals surface area contributed by atoms with Crippen molar-refractivity contribution in [2.75, 3.05) is 23.9 Å². The normalized spacial score (nSPS) is 14.3. The number of esters is 1. The lowest BCUT2D eigenvalue weighted by molar-refractivity contribution is -0.151. The van der Waals surface area contributed by atoms with Crippen molar-refractivity contribution in [2.24, 2.45) is 0 Å². The number of nitrogens with one attached hydrogen (secondary N) is 3. The van der Waals surface area contributed by atoms with Gasteiger partial charge in [-0.15, -0.1) is 0 Å². The first-order chi connectivity index (χ1) is 19.2. The number of benzene rings is 3. The molecule has 204 valence electrons. The highest BCUT2D eigenvalue weighted by molar-refractivity contribution is 5.95. The lowest BCUT2D eigenvalue weighted by Crippen LogP contribution is -2.32. The molecule has 3 aromatic carbocycles. The Morgan fingerprint density at radius 2 is 1.69 bits per heavy atom. The summed E-state index contributed by atoms with van der Waals surface area (Å²) in [5.74, 6) is 0.549. The molecule has 0 spiro atoms. The maximum Gasteiger partial charge on any atom is 0.328 e. The first-order valence-electron chi connectivity index (χ1n) is 13.3. The molecule has 0 unspecified atom stereocenters. The summed E-state index contributed by atoms with van der Waals surface area (Å²) in [6.45, 7) is 1.69. The van der Waals surface area contributed by atoms with Crippen LogP contribution in [0.2, 0.25) is 0 Å². The van der Waals surface area contributed by atoms with Gasteiger partial charge < -0.3 is 25.5 Å². The molecule has 0 amide bonds. The number of nitrogens with zero attached hydrogens (tertiary/aromatic N) is 2. The second-order valence-electron chi connectivity index (χ2n) is 9.56. The summed E-state index contributed by atoms with van der Waals surface area (Å²) in [6, 6.07) is 20.4. The van der Waals surface area contributed by atoms with Crippen LogP contribution in [-0.2, 0) is 16.1 Å². The molecule has 1 atom stereocenters. The second kappa shape index (κ2) is 13.1. The molecule has 5 rings (SSSR count). The lowest BCUT2D eigenvalue weighted by atomic mass is 10.1. The molecular weight excluding hydrogens is 498 g/mol. The van der Waals surface area contributed by atoms with Gasteiger partial charge in [-0.25, -0.2) is 9.42 Å². The number of hydrogen-bond acceptors (Lipinski definition) is 10. The van der Waals surface area contributed by atoms with Crippen LogP contribution in [0.25, 0.3) is 11.0 Å². The van der Waals surface area contributed by atoms with Crippen molar-refractivity contribution < 1.29 is 18.9 Å². The van der Waals surface area contributed by atoms with Crippen LogP contribution < -0.4 is 20.9 Å². The van der Waals surface area contributed by atoms with E-state index in [1.54, 1.807) is 12.1 Å². The molecule has 1 aliphatic rings. The lowest BCUT2D eigenvalue weighted by Gasteiger charge is -2.21. The molecular formula is C29H32N5O5-. The van der Waals surface area contributed by atoms with E-state index in [4.69, 9.17) is 14.1 Å². The minimum Gasteiger partial charge on any atom is -0.761 e. The van der Waals surface area contributed by atoms with Gasteiger partial charge in [-0.3, -0.25) is 5.32 Å². The van der Waals surface area contributed by atoms with Gasteiger partial charge in [0.15, 0.2) is 11.0 Å². The fraction of sp³-hybridized carbons (Fsp3) is 0.345. The Morgan fingerprint density at radius 1 is 0.974 bits per heavy atom. The largest absolute Gasteiger partial charge is 0.761 e. The van der Waals surface area contributed by atoms with Crippen LogP contribution in [0.1, 0.15) is 49.3 Å². The number of anilines is 2. The third-order valence-electron chi connectivity index (χ3n) is 6.82. The molecule has 4 aromatic rings. The van der Waals surface area contributed by atoms with E-state index in [2.05, 4.69) is 20.9 Å². The van der Waals surface area contributed by atoms with Crippen LogP contribution in [0.15, 0.2) is 71.4 Å². The zero-order valence-corrected chi connectivity index (χ0v) is 21.6. The third-order valence-corrected chi connectivity index (χ3v) is 6.82. The molecule has 1 aliphatic carbocycles. The van der Waals surface area contributed by atoms with Gasteiger partial charge in [0.2, 0.25) is 0 Å². The Balaban J connectivity index is 1.08. The highest BCUT2D eigenvalue weighted by atomic mass is 16.6. The van der Waals surface area contributed by atoms with Crippen molar-refractivity contribution in [2.45, 2.75) is 50.8 Å². The van der Waals surface area contributed by atoms with E-state index in [1.807, 2.05) is 60.1 Å². The number of carbonyl (C=O) groups is 1. The highest BCUT2D eigenvalue weighted by Crippen LogP contribution is 2.27. The molecule has 39 heavy (non-hydrogen) atoms. The number of hydrogen-bond donors (Lipinski definition) is 3. The van der Waals surface area contributed by atoms with Gasteiger partial charge >= 0.3 is 5.97 Å². The fourth-order valence-corrected chi connectivity index (χ4v) is 4.72. The molecule has 1 fully saturated rings. The van der Waals surface area contributed by atoms with Crippen molar-refractivity contribution in [3.8, 4) is 5.75 Å². The zero-order chi connectivity index (χ0) is 26.9. The van der Waals surface area contributed by atoms with Crippen molar-refractivity contribution in [3.05, 3.63) is 83.1 Å². The summed E-state index contributed by atoms with van der Waals surface area (Å²) in [7, 11) is 0. The Labute approximate surface area is 226 Å². The standard InChI is InChI=1S/C29H32N5O5/c35-29(38-23-9-4-5-10-23)26(21-7-2-1-3-8-21)31-19-20-11-13-22(14-12-20)37-18-6-17-30-24-15-16-25(32-36)28-27(24)33-39-34-28/h1-3,7-8,11-16,23,26,30-32H,4-6,9-10,17-19H2/q-1/t26-/m0/s1. The molecule has 1 aromatic heterocycles. The smallest absolute Gasteiger partial charge is 0.328 e. The Kier molecular flexibility index (Phi) is 8.87. The minimum absolute atomic E-state index is 0.0270. The molecule has 10 heteroatoms. The maximum atomic E-state index is 13.0. The van der Waals surface area contributed by atoms with E-state index in [0.29, 0.717) is 36.4 Å². The first kappa shape index (κ1) is 26.5. The number of ether oxygens (including phenoxy) is 2. The quantitative estimate of drug-likeness (QED) is 0.118. The Morgan fingerprint density at radius 3 is 2.44 bits per heavy atom. The van der Waals surface area contributed by atoms with E-state index in [1.165, 1.54) is 0 Å². The van der Waals surface area contributed by atoms with Gasteiger partial charge in [0.25, 0.3) is 0 Å². The van der Waals surface area contributed by atoms with Crippen LogP contribution in [0.5, 0.6) is 5.75 Å². The van der Waals surface area contributed by atoms with E-state index in [9.17, 15) is 10.0 Å². The van der Waals surface area contributed by atoms with Gasteiger partial charge in [0, 0.05) is 13.1 Å². The number of rotatable bonds is 13. The van der Waals surface area contributed by atoms with Crippen LogP contribution in [0, 0.1) is 5.21 Å². The van der Waals surface area contributed by atoms with Crippen LogP contribution in [0.4, 0.5) is 11.4 Å². The summed E-state index contributed by atoms with van der Waals surface area (Å²) >= 11 is 0. The van der Waals surface area contributed by atoms with Gasteiger partial charge in [0.1, 0.15) is 17.9 Å². The summed E-state index contributed by atoms with van der Waals surface area (Å²) in [4.78, 5) is 13.0. The Bertz CT molecular complexity index is 1340. The average molecular weight is 531 g/mol. The summed E-state index contributed by atoms with van der Waals surface area (Å²) in [5, 5.41) is 25.3. The van der Waals surface area contributed by atoms with Crippen molar-refractivity contribution >= 4 is 28.4 Å². The van der Waals surface area contributed by atoms with Gasteiger partial charge in [-0.1, -0.05) is 42.5 Å². The van der Waals surface area contributed by atoms with Crippen molar-refractivity contribution in [1.82, 2.24) is 15.6 Å². The second-order valence-corrected chi connectivity index (χ2v) is 9.56. The van der Waals surface area contributed by atoms with E-state index in [-0.39, 0.29) is 12.1 Å². The van der Waals surface area contributed by atoms with E-state index < -0.39 is 6.04 Å².